The zero-order chi connectivity index (χ0) is 20.4. The van der Waals surface area contributed by atoms with Crippen LogP contribution in [0.25, 0.3) is 10.9 Å². The fourth-order valence-corrected chi connectivity index (χ4v) is 3.23. The van der Waals surface area contributed by atoms with Crippen LogP contribution in [0.4, 0.5) is 22.0 Å². The molecule has 0 aliphatic carbocycles. The van der Waals surface area contributed by atoms with Gasteiger partial charge in [0, 0.05) is 35.8 Å². The van der Waals surface area contributed by atoms with Gasteiger partial charge in [0.25, 0.3) is 0 Å². The van der Waals surface area contributed by atoms with Gasteiger partial charge in [-0.15, -0.1) is 6.42 Å². The van der Waals surface area contributed by atoms with Gasteiger partial charge in [0.05, 0.1) is 24.4 Å². The first-order valence-corrected chi connectivity index (χ1v) is 8.98. The average Bonchev–Trinajstić information content (AvgIpc) is 2.70. The number of carboxylic acid groups (broad SMARTS) is 1. The van der Waals surface area contributed by atoms with Gasteiger partial charge in [0.15, 0.2) is 0 Å². The van der Waals surface area contributed by atoms with Gasteiger partial charge in [0.2, 0.25) is 0 Å². The third-order valence-corrected chi connectivity index (χ3v) is 4.76. The first-order valence-electron chi connectivity index (χ1n) is 8.98. The zero-order valence-corrected chi connectivity index (χ0v) is 15.7. The minimum absolute atomic E-state index is 0.0193. The average molecular weight is 389 g/mol. The van der Waals surface area contributed by atoms with Crippen molar-refractivity contribution in [3.8, 4) is 18.1 Å². The largest absolute Gasteiger partial charge is 0.495 e. The molecule has 1 aliphatic heterocycles. The number of nitrogens with one attached hydrogen (secondary N) is 2. The highest BCUT2D eigenvalue weighted by Gasteiger charge is 2.30. The van der Waals surface area contributed by atoms with Crippen LogP contribution in [0.3, 0.4) is 0 Å². The fraction of sp³-hybridized carbons (Fsp3) is 0.190. The minimum Gasteiger partial charge on any atom is -0.495 e. The number of rotatable bonds is 5. The summed E-state index contributed by atoms with van der Waals surface area (Å²) in [6.07, 6.45) is 6.05. The van der Waals surface area contributed by atoms with E-state index in [4.69, 9.17) is 16.3 Å². The maximum absolute atomic E-state index is 11.0. The van der Waals surface area contributed by atoms with Gasteiger partial charge >= 0.3 is 6.09 Å². The Morgan fingerprint density at radius 1 is 1.31 bits per heavy atom. The van der Waals surface area contributed by atoms with Crippen LogP contribution in [-0.4, -0.2) is 52.3 Å². The van der Waals surface area contributed by atoms with E-state index in [1.807, 2.05) is 36.4 Å². The standard InChI is InChI=1S/C21H19N5O3/c1-3-13-5-4-6-14(7-13)25-20-16-8-18(24-15-10-26(11-15)21(27)28)19(29-2)9-17(16)22-12-23-20/h1,4-9,12,15,24H,10-11H2,2H3,(H,27,28)(H,22,23,25). The van der Waals surface area contributed by atoms with Crippen LogP contribution in [0.5, 0.6) is 5.75 Å². The number of hydrogen-bond acceptors (Lipinski definition) is 6. The summed E-state index contributed by atoms with van der Waals surface area (Å²) in [5.41, 5.74) is 3.07. The van der Waals surface area contributed by atoms with E-state index in [0.29, 0.717) is 24.7 Å². The molecule has 2 aromatic carbocycles. The summed E-state index contributed by atoms with van der Waals surface area (Å²) >= 11 is 0. The van der Waals surface area contributed by atoms with Gasteiger partial charge in [-0.05, 0) is 24.3 Å². The highest BCUT2D eigenvalue weighted by atomic mass is 16.5. The van der Waals surface area contributed by atoms with Gasteiger partial charge in [0.1, 0.15) is 17.9 Å². The number of nitrogens with zero attached hydrogens (tertiary/aromatic N) is 3. The molecule has 0 saturated carbocycles. The van der Waals surface area contributed by atoms with Crippen LogP contribution >= 0.6 is 0 Å². The molecule has 0 atom stereocenters. The Labute approximate surface area is 167 Å². The van der Waals surface area contributed by atoms with Crippen molar-refractivity contribution in [1.29, 1.82) is 0 Å². The molecule has 1 aromatic heterocycles. The quantitative estimate of drug-likeness (QED) is 0.577. The molecule has 1 amide bonds. The van der Waals surface area contributed by atoms with E-state index >= 15 is 0 Å². The van der Waals surface area contributed by atoms with Crippen LogP contribution < -0.4 is 15.4 Å². The first kappa shape index (κ1) is 18.4. The maximum Gasteiger partial charge on any atom is 0.407 e. The third-order valence-electron chi connectivity index (χ3n) is 4.76. The summed E-state index contributed by atoms with van der Waals surface area (Å²) in [6, 6.07) is 11.3. The van der Waals surface area contributed by atoms with Crippen LogP contribution in [0, 0.1) is 12.3 Å². The number of benzene rings is 2. The van der Waals surface area contributed by atoms with Gasteiger partial charge in [-0.2, -0.15) is 0 Å². The smallest absolute Gasteiger partial charge is 0.407 e. The van der Waals surface area contributed by atoms with E-state index in [1.165, 1.54) is 11.2 Å². The summed E-state index contributed by atoms with van der Waals surface area (Å²) < 4.78 is 5.49. The monoisotopic (exact) mass is 389 g/mol. The van der Waals surface area contributed by atoms with Crippen LogP contribution in [0.2, 0.25) is 0 Å². The van der Waals surface area contributed by atoms with E-state index in [0.717, 1.165) is 27.8 Å². The molecule has 3 aromatic rings. The second-order valence-corrected chi connectivity index (χ2v) is 6.67. The number of terminal acetylenes is 1. The highest BCUT2D eigenvalue weighted by molar-refractivity contribution is 5.95. The van der Waals surface area contributed by atoms with Crippen molar-refractivity contribution in [2.45, 2.75) is 6.04 Å². The van der Waals surface area contributed by atoms with Crippen LogP contribution in [0.15, 0.2) is 42.7 Å². The molecule has 1 aliphatic rings. The molecule has 146 valence electrons. The lowest BCUT2D eigenvalue weighted by Gasteiger charge is -2.38. The lowest BCUT2D eigenvalue weighted by Crippen LogP contribution is -2.56. The Bertz CT molecular complexity index is 1120. The molecule has 29 heavy (non-hydrogen) atoms. The lowest BCUT2D eigenvalue weighted by molar-refractivity contribution is 0.111. The molecule has 4 rings (SSSR count). The number of anilines is 3. The highest BCUT2D eigenvalue weighted by Crippen LogP contribution is 2.34. The number of amides is 1. The molecule has 0 bridgehead atoms. The summed E-state index contributed by atoms with van der Waals surface area (Å²) in [6.45, 7) is 0.845. The Hall–Kier alpha value is -3.99. The number of likely N-dealkylation sites (tertiary alicyclic amines) is 1. The second kappa shape index (κ2) is 7.56. The Balaban J connectivity index is 1.65. The van der Waals surface area contributed by atoms with Crippen molar-refractivity contribution < 1.29 is 14.6 Å². The summed E-state index contributed by atoms with van der Waals surface area (Å²) in [5, 5.41) is 16.4. The van der Waals surface area contributed by atoms with Crippen molar-refractivity contribution in [1.82, 2.24) is 14.9 Å². The summed E-state index contributed by atoms with van der Waals surface area (Å²) in [7, 11) is 1.59. The van der Waals surface area contributed by atoms with Crippen LogP contribution in [-0.2, 0) is 0 Å². The maximum atomic E-state index is 11.0. The van der Waals surface area contributed by atoms with Crippen LogP contribution in [0.1, 0.15) is 5.56 Å². The molecule has 0 spiro atoms. The van der Waals surface area contributed by atoms with Gasteiger partial charge < -0.3 is 25.4 Å². The van der Waals surface area contributed by atoms with E-state index in [1.54, 1.807) is 7.11 Å². The minimum atomic E-state index is -0.914. The van der Waals surface area contributed by atoms with E-state index < -0.39 is 6.09 Å². The Kier molecular flexibility index (Phi) is 4.79. The van der Waals surface area contributed by atoms with E-state index in [-0.39, 0.29) is 6.04 Å². The molecular formula is C21H19N5O3. The van der Waals surface area contributed by atoms with E-state index in [2.05, 4.69) is 26.5 Å². The van der Waals surface area contributed by atoms with Crippen molar-refractivity contribution >= 4 is 34.2 Å². The number of hydrogen-bond donors (Lipinski definition) is 3. The molecule has 2 heterocycles. The molecule has 0 radical (unpaired) electrons. The Morgan fingerprint density at radius 2 is 2.14 bits per heavy atom. The normalized spacial score (nSPS) is 13.4. The van der Waals surface area contributed by atoms with Crippen molar-refractivity contribution in [2.75, 3.05) is 30.8 Å². The number of fused-ring (bicyclic) bond motifs is 1. The molecule has 8 nitrogen and oxygen atoms in total. The molecule has 1 saturated heterocycles. The molecule has 1 fully saturated rings. The number of carbonyl (C=O) groups is 1. The third kappa shape index (κ3) is 3.71. The lowest BCUT2D eigenvalue weighted by atomic mass is 10.1. The second-order valence-electron chi connectivity index (χ2n) is 6.67. The van der Waals surface area contributed by atoms with E-state index in [9.17, 15) is 4.79 Å². The van der Waals surface area contributed by atoms with Gasteiger partial charge in [-0.3, -0.25) is 0 Å². The SMILES string of the molecule is C#Cc1cccc(Nc2ncnc3cc(OC)c(NC4CN(C(=O)O)C4)cc23)c1. The van der Waals surface area contributed by atoms with Crippen molar-refractivity contribution in [2.24, 2.45) is 0 Å². The zero-order valence-electron chi connectivity index (χ0n) is 15.7. The Morgan fingerprint density at radius 3 is 2.86 bits per heavy atom. The molecule has 3 N–H and O–H groups in total. The molecular weight excluding hydrogens is 370 g/mol. The fourth-order valence-electron chi connectivity index (χ4n) is 3.23. The van der Waals surface area contributed by atoms with Gasteiger partial charge in [-0.1, -0.05) is 12.0 Å². The predicted molar refractivity (Wildman–Crippen MR) is 111 cm³/mol. The molecule has 8 heteroatoms. The number of ether oxygens (including phenoxy) is 1. The summed E-state index contributed by atoms with van der Waals surface area (Å²) in [5.74, 6) is 3.88. The first-order chi connectivity index (χ1) is 14.1. The van der Waals surface area contributed by atoms with Crippen molar-refractivity contribution in [3.63, 3.8) is 0 Å². The predicted octanol–water partition coefficient (Wildman–Crippen LogP) is 3.14. The van der Waals surface area contributed by atoms with Gasteiger partial charge in [-0.25, -0.2) is 14.8 Å². The molecule has 0 unspecified atom stereocenters. The number of aromatic nitrogens is 2. The summed E-state index contributed by atoms with van der Waals surface area (Å²) in [4.78, 5) is 21.0. The van der Waals surface area contributed by atoms with Crippen molar-refractivity contribution in [3.05, 3.63) is 48.3 Å². The topological polar surface area (TPSA) is 99.6 Å². The number of methoxy groups -OCH3 is 1.